The zero-order valence-corrected chi connectivity index (χ0v) is 26.2. The molecule has 0 aliphatic heterocycles. The minimum absolute atomic E-state index is 0.0184. The molecule has 0 aliphatic carbocycles. The van der Waals surface area contributed by atoms with E-state index in [0.29, 0.717) is 18.9 Å². The zero-order valence-electron chi connectivity index (χ0n) is 24.2. The summed E-state index contributed by atoms with van der Waals surface area (Å²) in [6.07, 6.45) is 1.09. The fraction of sp³-hybridized carbons (Fsp3) is 0.357. The van der Waals surface area contributed by atoms with E-state index in [1.54, 1.807) is 0 Å². The topological polar surface area (TPSA) is 189 Å². The van der Waals surface area contributed by atoms with Crippen molar-refractivity contribution in [1.82, 2.24) is 0 Å². The Bertz CT molecular complexity index is 1350. The molecule has 0 saturated carbocycles. The molecule has 2 aromatic rings. The second-order valence-corrected chi connectivity index (χ2v) is 19.4. The second kappa shape index (κ2) is 15.8. The standard InChI is InChI=1S/C28H34O13Si2/c1-42(2,13-5-11-37-27(35)19-7-9-21(25(31)32)22(15-19)26(33)34)41-43(3,4)14-6-12-38-28(36)20-8-10-23(39-17-29)24(16-20)40-18-30/h7-10,15-18H,5-6,11-14H2,1-4H3,(H,31,32)(H,33,34). The maximum atomic E-state index is 12.4. The lowest BCUT2D eigenvalue weighted by atomic mass is 10.0. The number of carboxylic acid groups (broad SMARTS) is 2. The fourth-order valence-electron chi connectivity index (χ4n) is 4.31. The van der Waals surface area contributed by atoms with Gasteiger partial charge in [0, 0.05) is 0 Å². The minimum atomic E-state index is -2.15. The van der Waals surface area contributed by atoms with Gasteiger partial charge in [0.1, 0.15) is 0 Å². The smallest absolute Gasteiger partial charge is 0.338 e. The average molecular weight is 635 g/mol. The van der Waals surface area contributed by atoms with E-state index in [9.17, 15) is 33.9 Å². The number of esters is 2. The summed E-state index contributed by atoms with van der Waals surface area (Å²) >= 11 is 0. The molecule has 0 bridgehead atoms. The molecule has 0 radical (unpaired) electrons. The SMILES string of the molecule is C[Si](C)(CCCOC(=O)c1ccc(OC=O)c(OC=O)c1)O[Si](C)(C)CCCOC(=O)c1ccc(C(=O)O)c(C(=O)O)c1. The van der Waals surface area contributed by atoms with Gasteiger partial charge in [-0.05, 0) is 87.5 Å². The van der Waals surface area contributed by atoms with Crippen LogP contribution in [0.25, 0.3) is 0 Å². The molecule has 0 saturated heterocycles. The van der Waals surface area contributed by atoms with Gasteiger partial charge in [-0.1, -0.05) is 0 Å². The molecule has 0 spiro atoms. The van der Waals surface area contributed by atoms with E-state index in [1.165, 1.54) is 24.3 Å². The van der Waals surface area contributed by atoms with E-state index in [4.69, 9.17) is 28.2 Å². The van der Waals surface area contributed by atoms with E-state index >= 15 is 0 Å². The van der Waals surface area contributed by atoms with Crippen LogP contribution >= 0.6 is 0 Å². The Morgan fingerprint density at radius 2 is 1.14 bits per heavy atom. The van der Waals surface area contributed by atoms with Gasteiger partial charge in [0.15, 0.2) is 28.1 Å². The molecule has 0 aliphatic rings. The number of carbonyl (C=O) groups excluding carboxylic acids is 4. The third-order valence-electron chi connectivity index (χ3n) is 6.11. The molecular formula is C28H34O13Si2. The Morgan fingerprint density at radius 1 is 0.674 bits per heavy atom. The predicted octanol–water partition coefficient (Wildman–Crippen LogP) is 4.37. The van der Waals surface area contributed by atoms with Gasteiger partial charge < -0.3 is 33.3 Å². The van der Waals surface area contributed by atoms with Crippen molar-refractivity contribution in [3.05, 3.63) is 58.7 Å². The fourth-order valence-corrected chi connectivity index (χ4v) is 13.1. The first-order chi connectivity index (χ1) is 20.2. The normalized spacial score (nSPS) is 11.3. The summed E-state index contributed by atoms with van der Waals surface area (Å²) in [4.78, 5) is 68.6. The monoisotopic (exact) mass is 634 g/mol. The highest BCUT2D eigenvalue weighted by molar-refractivity contribution is 6.84. The number of aromatic carboxylic acids is 2. The van der Waals surface area contributed by atoms with Crippen LogP contribution in [0.4, 0.5) is 0 Å². The first-order valence-electron chi connectivity index (χ1n) is 13.2. The van der Waals surface area contributed by atoms with Crippen LogP contribution in [0.5, 0.6) is 11.5 Å². The highest BCUT2D eigenvalue weighted by atomic mass is 28.4. The summed E-state index contributed by atoms with van der Waals surface area (Å²) in [6.45, 7) is 8.80. The Balaban J connectivity index is 1.79. The number of hydrogen-bond donors (Lipinski definition) is 2. The first kappa shape index (κ1) is 34.9. The van der Waals surface area contributed by atoms with Crippen LogP contribution in [-0.2, 0) is 23.2 Å². The summed E-state index contributed by atoms with van der Waals surface area (Å²) in [5, 5.41) is 18.4. The maximum absolute atomic E-state index is 12.4. The number of ether oxygens (including phenoxy) is 4. The van der Waals surface area contributed by atoms with Crippen LogP contribution in [0.3, 0.4) is 0 Å². The molecule has 0 aromatic heterocycles. The maximum Gasteiger partial charge on any atom is 0.338 e. The molecule has 15 heteroatoms. The lowest BCUT2D eigenvalue weighted by Crippen LogP contribution is -2.44. The van der Waals surface area contributed by atoms with Gasteiger partial charge in [-0.3, -0.25) is 9.59 Å². The average Bonchev–Trinajstić information content (AvgIpc) is 2.93. The second-order valence-electron chi connectivity index (χ2n) is 10.6. The zero-order chi connectivity index (χ0) is 32.2. The highest BCUT2D eigenvalue weighted by Crippen LogP contribution is 2.28. The molecule has 2 aromatic carbocycles. The molecule has 2 N–H and O–H groups in total. The van der Waals surface area contributed by atoms with E-state index in [0.717, 1.165) is 18.2 Å². The van der Waals surface area contributed by atoms with E-state index in [2.05, 4.69) is 26.2 Å². The first-order valence-corrected chi connectivity index (χ1v) is 19.4. The number of rotatable bonds is 18. The largest absolute Gasteiger partial charge is 0.478 e. The van der Waals surface area contributed by atoms with Gasteiger partial charge in [0.05, 0.1) is 35.5 Å². The van der Waals surface area contributed by atoms with Crippen LogP contribution < -0.4 is 9.47 Å². The van der Waals surface area contributed by atoms with Gasteiger partial charge in [0.25, 0.3) is 12.9 Å². The van der Waals surface area contributed by atoms with Crippen molar-refractivity contribution in [2.75, 3.05) is 13.2 Å². The number of carbonyl (C=O) groups is 6. The number of hydrogen-bond acceptors (Lipinski definition) is 11. The summed E-state index contributed by atoms with van der Waals surface area (Å²) in [5.41, 5.74) is -0.848. The van der Waals surface area contributed by atoms with Crippen LogP contribution in [0.15, 0.2) is 36.4 Å². The molecule has 43 heavy (non-hydrogen) atoms. The molecule has 0 heterocycles. The Kier molecular flexibility index (Phi) is 12.8. The Morgan fingerprint density at radius 3 is 1.63 bits per heavy atom. The van der Waals surface area contributed by atoms with Gasteiger partial charge in [0.2, 0.25) is 0 Å². The van der Waals surface area contributed by atoms with Gasteiger partial charge in [-0.15, -0.1) is 0 Å². The van der Waals surface area contributed by atoms with Crippen molar-refractivity contribution < 1.29 is 62.0 Å². The molecular weight excluding hydrogens is 600 g/mol. The van der Waals surface area contributed by atoms with Crippen molar-refractivity contribution in [3.63, 3.8) is 0 Å². The van der Waals surface area contributed by atoms with Crippen LogP contribution in [0, 0.1) is 0 Å². The highest BCUT2D eigenvalue weighted by Gasteiger charge is 2.32. The molecule has 13 nitrogen and oxygen atoms in total. The van der Waals surface area contributed by atoms with Gasteiger partial charge >= 0.3 is 23.9 Å². The molecule has 2 rings (SSSR count). The predicted molar refractivity (Wildman–Crippen MR) is 156 cm³/mol. The Labute approximate surface area is 249 Å². The molecule has 232 valence electrons. The third-order valence-corrected chi connectivity index (χ3v) is 13.6. The van der Waals surface area contributed by atoms with Crippen molar-refractivity contribution in [2.45, 2.75) is 51.1 Å². The van der Waals surface area contributed by atoms with Crippen LogP contribution in [0.2, 0.25) is 38.3 Å². The number of carboxylic acids is 2. The molecule has 0 fully saturated rings. The van der Waals surface area contributed by atoms with Crippen molar-refractivity contribution in [2.24, 2.45) is 0 Å². The Hall–Kier alpha value is -4.35. The minimum Gasteiger partial charge on any atom is -0.478 e. The van der Waals surface area contributed by atoms with Gasteiger partial charge in [-0.2, -0.15) is 0 Å². The third kappa shape index (κ3) is 11.1. The van der Waals surface area contributed by atoms with E-state index < -0.39 is 51.6 Å². The lowest BCUT2D eigenvalue weighted by molar-refractivity contribution is -0.123. The summed E-state index contributed by atoms with van der Waals surface area (Å²) in [6, 6.07) is 8.61. The lowest BCUT2D eigenvalue weighted by Gasteiger charge is -2.34. The van der Waals surface area contributed by atoms with Crippen molar-refractivity contribution >= 4 is 53.5 Å². The summed E-state index contributed by atoms with van der Waals surface area (Å²) in [5.74, 6) is -4.36. The van der Waals surface area contributed by atoms with Crippen molar-refractivity contribution in [3.8, 4) is 11.5 Å². The number of benzene rings is 2. The van der Waals surface area contributed by atoms with E-state index in [-0.39, 0.29) is 48.8 Å². The quantitative estimate of drug-likeness (QED) is 0.102. The molecule has 0 unspecified atom stereocenters. The molecule has 0 atom stereocenters. The molecule has 0 amide bonds. The summed E-state index contributed by atoms with van der Waals surface area (Å²) < 4.78 is 26.6. The van der Waals surface area contributed by atoms with E-state index in [1.807, 2.05) is 0 Å². The van der Waals surface area contributed by atoms with Crippen LogP contribution in [0.1, 0.15) is 54.3 Å². The summed E-state index contributed by atoms with van der Waals surface area (Å²) in [7, 11) is -4.30. The van der Waals surface area contributed by atoms with Gasteiger partial charge in [-0.25, -0.2) is 19.2 Å². The van der Waals surface area contributed by atoms with Crippen LogP contribution in [-0.4, -0.2) is 76.9 Å². The van der Waals surface area contributed by atoms with Crippen molar-refractivity contribution in [1.29, 1.82) is 0 Å².